The number of likely N-dealkylation sites (N-methyl/N-ethyl adjacent to an activating group) is 1. The fraction of sp³-hybridized carbons (Fsp3) is 0.850. The molecule has 0 rings (SSSR count). The molecule has 9 heteroatoms. The predicted molar refractivity (Wildman–Crippen MR) is 109 cm³/mol. The minimum atomic E-state index is -0.403. The number of carbonyl (C=O) groups is 1. The van der Waals surface area contributed by atoms with Gasteiger partial charge < -0.3 is 38.1 Å². The minimum absolute atomic E-state index is 0.213. The van der Waals surface area contributed by atoms with Crippen LogP contribution >= 0.6 is 0 Å². The van der Waals surface area contributed by atoms with Crippen LogP contribution in [0.4, 0.5) is 0 Å². The number of ether oxygens (including phenoxy) is 7. The van der Waals surface area contributed by atoms with Crippen molar-refractivity contribution in [1.29, 1.82) is 0 Å². The number of rotatable bonds is 22. The smallest absolute Gasteiger partial charge is 0.333 e. The van der Waals surface area contributed by atoms with E-state index in [4.69, 9.17) is 33.2 Å². The Morgan fingerprint density at radius 2 is 0.931 bits per heavy atom. The molecular formula is C20H39NO8. The molecule has 0 atom stereocenters. The molecule has 0 aromatic heterocycles. The Balaban J connectivity index is 3.07. The summed E-state index contributed by atoms with van der Waals surface area (Å²) < 4.78 is 37.2. The van der Waals surface area contributed by atoms with Gasteiger partial charge in [-0.1, -0.05) is 6.58 Å². The second kappa shape index (κ2) is 21.6. The zero-order valence-electron chi connectivity index (χ0n) is 18.3. The van der Waals surface area contributed by atoms with Crippen molar-refractivity contribution in [3.63, 3.8) is 0 Å². The SMILES string of the molecule is C=C(C)C(=O)OCCOCCOCCOCCOCCOCCOCCN(C)C. The molecule has 0 aliphatic rings. The van der Waals surface area contributed by atoms with Crippen LogP contribution < -0.4 is 0 Å². The van der Waals surface area contributed by atoms with Crippen molar-refractivity contribution >= 4 is 5.97 Å². The molecule has 0 saturated heterocycles. The third-order valence-corrected chi connectivity index (χ3v) is 3.35. The molecule has 0 fully saturated rings. The van der Waals surface area contributed by atoms with Crippen LogP contribution in [0.25, 0.3) is 0 Å². The van der Waals surface area contributed by atoms with Crippen LogP contribution in [0.1, 0.15) is 6.92 Å². The first-order chi connectivity index (χ1) is 14.0. The van der Waals surface area contributed by atoms with E-state index < -0.39 is 5.97 Å². The van der Waals surface area contributed by atoms with Crippen LogP contribution in [-0.2, 0) is 38.0 Å². The van der Waals surface area contributed by atoms with Crippen molar-refractivity contribution in [3.05, 3.63) is 12.2 Å². The zero-order chi connectivity index (χ0) is 21.6. The average Bonchev–Trinajstić information content (AvgIpc) is 2.68. The lowest BCUT2D eigenvalue weighted by molar-refractivity contribution is -0.140. The van der Waals surface area contributed by atoms with E-state index in [1.807, 2.05) is 14.1 Å². The van der Waals surface area contributed by atoms with E-state index >= 15 is 0 Å². The fourth-order valence-corrected chi connectivity index (χ4v) is 1.77. The maximum atomic E-state index is 11.1. The molecule has 29 heavy (non-hydrogen) atoms. The maximum Gasteiger partial charge on any atom is 0.333 e. The van der Waals surface area contributed by atoms with Gasteiger partial charge in [0.2, 0.25) is 0 Å². The Morgan fingerprint density at radius 3 is 1.24 bits per heavy atom. The first kappa shape index (κ1) is 27.9. The second-order valence-electron chi connectivity index (χ2n) is 6.39. The fourth-order valence-electron chi connectivity index (χ4n) is 1.77. The highest BCUT2D eigenvalue weighted by molar-refractivity contribution is 5.86. The van der Waals surface area contributed by atoms with Crippen LogP contribution in [0.2, 0.25) is 0 Å². The molecule has 172 valence electrons. The third kappa shape index (κ3) is 23.1. The van der Waals surface area contributed by atoms with Gasteiger partial charge in [0.05, 0.1) is 79.3 Å². The summed E-state index contributed by atoms with van der Waals surface area (Å²) in [5.41, 5.74) is 0.379. The molecule has 0 heterocycles. The van der Waals surface area contributed by atoms with Crippen LogP contribution in [0, 0.1) is 0 Å². The summed E-state index contributed by atoms with van der Waals surface area (Å²) in [4.78, 5) is 13.2. The van der Waals surface area contributed by atoms with Gasteiger partial charge in [-0.25, -0.2) is 4.79 Å². The molecule has 0 spiro atoms. The zero-order valence-corrected chi connectivity index (χ0v) is 18.3. The van der Waals surface area contributed by atoms with Gasteiger partial charge in [-0.2, -0.15) is 0 Å². The van der Waals surface area contributed by atoms with Crippen molar-refractivity contribution in [3.8, 4) is 0 Å². The monoisotopic (exact) mass is 421 g/mol. The first-order valence-electron chi connectivity index (χ1n) is 9.98. The first-order valence-corrected chi connectivity index (χ1v) is 9.98. The normalized spacial score (nSPS) is 11.2. The summed E-state index contributed by atoms with van der Waals surface area (Å²) in [6, 6.07) is 0. The van der Waals surface area contributed by atoms with Crippen LogP contribution in [0.15, 0.2) is 12.2 Å². The molecule has 0 unspecified atom stereocenters. The van der Waals surface area contributed by atoms with Crippen LogP contribution in [0.5, 0.6) is 0 Å². The molecule has 0 aliphatic heterocycles. The standard InChI is InChI=1S/C20H39NO8/c1-19(2)20(22)29-18-17-28-16-15-27-14-13-26-12-11-25-10-9-24-8-7-23-6-5-21(3)4/h1,5-18H2,2-4H3. The Hall–Kier alpha value is -1.07. The van der Waals surface area contributed by atoms with Gasteiger partial charge in [-0.15, -0.1) is 0 Å². The summed E-state index contributed by atoms with van der Waals surface area (Å²) in [6.07, 6.45) is 0. The Labute approximate surface area is 175 Å². The van der Waals surface area contributed by atoms with E-state index in [0.29, 0.717) is 84.9 Å². The Morgan fingerprint density at radius 1 is 0.621 bits per heavy atom. The summed E-state index contributed by atoms with van der Waals surface area (Å²) in [5.74, 6) is -0.403. The lowest BCUT2D eigenvalue weighted by Crippen LogP contribution is -2.19. The van der Waals surface area contributed by atoms with Gasteiger partial charge in [0.1, 0.15) is 6.61 Å². The van der Waals surface area contributed by atoms with Gasteiger partial charge in [0, 0.05) is 12.1 Å². The van der Waals surface area contributed by atoms with E-state index in [9.17, 15) is 4.79 Å². The number of carbonyl (C=O) groups excluding carboxylic acids is 1. The van der Waals surface area contributed by atoms with E-state index in [-0.39, 0.29) is 6.61 Å². The van der Waals surface area contributed by atoms with Crippen molar-refractivity contribution in [2.24, 2.45) is 0 Å². The van der Waals surface area contributed by atoms with Crippen molar-refractivity contribution in [1.82, 2.24) is 4.90 Å². The quantitative estimate of drug-likeness (QED) is 0.143. The highest BCUT2D eigenvalue weighted by atomic mass is 16.6. The molecule has 0 amide bonds. The number of nitrogens with zero attached hydrogens (tertiary/aromatic N) is 1. The lowest BCUT2D eigenvalue weighted by Gasteiger charge is -2.10. The number of esters is 1. The third-order valence-electron chi connectivity index (χ3n) is 3.35. The van der Waals surface area contributed by atoms with Crippen LogP contribution in [0.3, 0.4) is 0 Å². The summed E-state index contributed by atoms with van der Waals surface area (Å²) >= 11 is 0. The van der Waals surface area contributed by atoms with E-state index in [2.05, 4.69) is 11.5 Å². The molecule has 0 aromatic rings. The molecule has 0 radical (unpaired) electrons. The van der Waals surface area contributed by atoms with Gasteiger partial charge >= 0.3 is 5.97 Å². The highest BCUT2D eigenvalue weighted by Gasteiger charge is 2.01. The molecule has 0 saturated carbocycles. The highest BCUT2D eigenvalue weighted by Crippen LogP contribution is 1.91. The van der Waals surface area contributed by atoms with E-state index in [1.165, 1.54) is 0 Å². The molecule has 0 aromatic carbocycles. The number of hydrogen-bond donors (Lipinski definition) is 0. The lowest BCUT2D eigenvalue weighted by atomic mass is 10.4. The number of hydrogen-bond acceptors (Lipinski definition) is 9. The van der Waals surface area contributed by atoms with Gasteiger partial charge in [-0.05, 0) is 21.0 Å². The molecular weight excluding hydrogens is 382 g/mol. The molecule has 9 nitrogen and oxygen atoms in total. The van der Waals surface area contributed by atoms with Crippen molar-refractivity contribution in [2.45, 2.75) is 6.92 Å². The van der Waals surface area contributed by atoms with Gasteiger partial charge in [0.15, 0.2) is 0 Å². The predicted octanol–water partition coefficient (Wildman–Crippen LogP) is 0.767. The van der Waals surface area contributed by atoms with Gasteiger partial charge in [-0.3, -0.25) is 0 Å². The Kier molecular flexibility index (Phi) is 20.8. The summed E-state index contributed by atoms with van der Waals surface area (Å²) in [6.45, 7) is 12.5. The van der Waals surface area contributed by atoms with Crippen molar-refractivity contribution < 1.29 is 38.0 Å². The molecule has 0 N–H and O–H groups in total. The molecule has 0 bridgehead atoms. The van der Waals surface area contributed by atoms with Crippen LogP contribution in [-0.4, -0.2) is 117 Å². The van der Waals surface area contributed by atoms with Gasteiger partial charge in [0.25, 0.3) is 0 Å². The summed E-state index contributed by atoms with van der Waals surface area (Å²) in [5, 5.41) is 0. The molecule has 0 aliphatic carbocycles. The largest absolute Gasteiger partial charge is 0.460 e. The maximum absolute atomic E-state index is 11.1. The Bertz CT molecular complexity index is 393. The second-order valence-corrected chi connectivity index (χ2v) is 6.39. The van der Waals surface area contributed by atoms with E-state index in [1.54, 1.807) is 6.92 Å². The van der Waals surface area contributed by atoms with E-state index in [0.717, 1.165) is 6.54 Å². The topological polar surface area (TPSA) is 84.9 Å². The average molecular weight is 422 g/mol. The minimum Gasteiger partial charge on any atom is -0.460 e. The van der Waals surface area contributed by atoms with Crippen molar-refractivity contribution in [2.75, 3.05) is 107 Å². The summed E-state index contributed by atoms with van der Waals surface area (Å²) in [7, 11) is 4.03.